The van der Waals surface area contributed by atoms with E-state index in [2.05, 4.69) is 17.4 Å². The van der Waals surface area contributed by atoms with Crippen LogP contribution in [-0.2, 0) is 14.9 Å². The lowest BCUT2D eigenvalue weighted by atomic mass is 9.55. The van der Waals surface area contributed by atoms with Crippen molar-refractivity contribution in [1.29, 1.82) is 0 Å². The standard InChI is InChI=1S/C21H27NO4/c1-24-16-6-2-5-15-20(16)26-17-7-3-4-14-18(22-10-9-21(14,15)17)19(23)13-8-11-25-12-13/h2,5-6,13-14,17-18,22H,3-4,7-12H2,1H3. The molecule has 5 atom stereocenters. The van der Waals surface area contributed by atoms with Gasteiger partial charge in [-0.3, -0.25) is 4.79 Å². The Labute approximate surface area is 154 Å². The van der Waals surface area contributed by atoms with Gasteiger partial charge in [0.25, 0.3) is 0 Å². The molecule has 5 rings (SSSR count). The van der Waals surface area contributed by atoms with E-state index in [0.29, 0.717) is 19.0 Å². The largest absolute Gasteiger partial charge is 0.493 e. The molecule has 0 amide bonds. The summed E-state index contributed by atoms with van der Waals surface area (Å²) < 4.78 is 17.5. The van der Waals surface area contributed by atoms with E-state index < -0.39 is 0 Å². The number of ether oxygens (including phenoxy) is 3. The van der Waals surface area contributed by atoms with Crippen molar-refractivity contribution < 1.29 is 19.0 Å². The van der Waals surface area contributed by atoms with E-state index >= 15 is 0 Å². The molecule has 5 nitrogen and oxygen atoms in total. The smallest absolute Gasteiger partial charge is 0.165 e. The first kappa shape index (κ1) is 16.6. The normalized spacial score (nSPS) is 38.0. The van der Waals surface area contributed by atoms with Crippen molar-refractivity contribution in [3.63, 3.8) is 0 Å². The monoisotopic (exact) mass is 357 g/mol. The molecule has 1 spiro atoms. The minimum Gasteiger partial charge on any atom is -0.493 e. The molecule has 0 radical (unpaired) electrons. The molecule has 3 aliphatic heterocycles. The summed E-state index contributed by atoms with van der Waals surface area (Å²) in [7, 11) is 1.70. The predicted octanol–water partition coefficient (Wildman–Crippen LogP) is 2.46. The van der Waals surface area contributed by atoms with Crippen LogP contribution in [-0.4, -0.2) is 44.8 Å². The third kappa shape index (κ3) is 2.20. The minimum atomic E-state index is -0.0843. The van der Waals surface area contributed by atoms with Crippen molar-refractivity contribution in [3.05, 3.63) is 23.8 Å². The number of para-hydroxylation sites is 1. The SMILES string of the molecule is COc1cccc2c1OC1CCCC3C(C(=O)C4CCOC4)NCCC213. The predicted molar refractivity (Wildman–Crippen MR) is 96.8 cm³/mol. The summed E-state index contributed by atoms with van der Waals surface area (Å²) in [5.41, 5.74) is 1.20. The maximum Gasteiger partial charge on any atom is 0.165 e. The molecule has 1 N–H and O–H groups in total. The average Bonchev–Trinajstić information content (AvgIpc) is 3.32. The summed E-state index contributed by atoms with van der Waals surface area (Å²) in [6.07, 6.45) is 5.29. The Morgan fingerprint density at radius 2 is 2.23 bits per heavy atom. The molecular formula is C21H27NO4. The second-order valence-electron chi connectivity index (χ2n) is 8.17. The molecule has 4 aliphatic rings. The lowest BCUT2D eigenvalue weighted by Crippen LogP contribution is -2.63. The van der Waals surface area contributed by atoms with Gasteiger partial charge in [0.1, 0.15) is 6.10 Å². The highest BCUT2D eigenvalue weighted by Gasteiger charge is 2.60. The van der Waals surface area contributed by atoms with Gasteiger partial charge in [-0.15, -0.1) is 0 Å². The van der Waals surface area contributed by atoms with Crippen LogP contribution in [0.1, 0.15) is 37.7 Å². The van der Waals surface area contributed by atoms with Crippen LogP contribution in [0.5, 0.6) is 11.5 Å². The zero-order valence-corrected chi connectivity index (χ0v) is 15.3. The Bertz CT molecular complexity index is 714. The molecule has 0 bridgehead atoms. The summed E-state index contributed by atoms with van der Waals surface area (Å²) in [5, 5.41) is 3.57. The Kier molecular flexibility index (Phi) is 3.98. The van der Waals surface area contributed by atoms with E-state index in [-0.39, 0.29) is 29.4 Å². The van der Waals surface area contributed by atoms with E-state index in [9.17, 15) is 4.79 Å². The lowest BCUT2D eigenvalue weighted by Gasteiger charge is -2.51. The number of nitrogens with one attached hydrogen (secondary N) is 1. The molecule has 5 heteroatoms. The summed E-state index contributed by atoms with van der Waals surface area (Å²) in [6.45, 7) is 2.16. The number of fused-ring (bicyclic) bond motifs is 1. The van der Waals surface area contributed by atoms with Crippen LogP contribution in [0.15, 0.2) is 18.2 Å². The Balaban J connectivity index is 1.56. The molecule has 26 heavy (non-hydrogen) atoms. The van der Waals surface area contributed by atoms with E-state index in [1.165, 1.54) is 5.56 Å². The first-order valence-corrected chi connectivity index (χ1v) is 9.94. The van der Waals surface area contributed by atoms with E-state index in [1.54, 1.807) is 7.11 Å². The Morgan fingerprint density at radius 1 is 1.31 bits per heavy atom. The van der Waals surface area contributed by atoms with E-state index in [4.69, 9.17) is 14.2 Å². The number of carbonyl (C=O) groups is 1. The molecule has 1 aromatic rings. The van der Waals surface area contributed by atoms with Gasteiger partial charge >= 0.3 is 0 Å². The van der Waals surface area contributed by atoms with Crippen LogP contribution in [0.25, 0.3) is 0 Å². The summed E-state index contributed by atoms with van der Waals surface area (Å²) in [4.78, 5) is 13.3. The van der Waals surface area contributed by atoms with E-state index in [1.807, 2.05) is 6.07 Å². The molecular weight excluding hydrogens is 330 g/mol. The molecule has 140 valence electrons. The number of hydrogen-bond donors (Lipinski definition) is 1. The molecule has 3 heterocycles. The average molecular weight is 357 g/mol. The van der Waals surface area contributed by atoms with E-state index in [0.717, 1.165) is 50.1 Å². The first-order chi connectivity index (χ1) is 12.8. The van der Waals surface area contributed by atoms with Gasteiger partial charge in [0, 0.05) is 23.5 Å². The zero-order valence-electron chi connectivity index (χ0n) is 15.3. The van der Waals surface area contributed by atoms with Crippen molar-refractivity contribution in [3.8, 4) is 11.5 Å². The third-order valence-electron chi connectivity index (χ3n) is 7.12. The third-order valence-corrected chi connectivity index (χ3v) is 7.12. The summed E-state index contributed by atoms with van der Waals surface area (Å²) in [6, 6.07) is 6.15. The highest BCUT2D eigenvalue weighted by molar-refractivity contribution is 5.87. The Hall–Kier alpha value is -1.59. The maximum atomic E-state index is 13.3. The zero-order chi connectivity index (χ0) is 17.7. The van der Waals surface area contributed by atoms with Crippen molar-refractivity contribution in [2.45, 2.75) is 49.7 Å². The molecule has 0 aromatic heterocycles. The highest BCUT2D eigenvalue weighted by atomic mass is 16.5. The number of Topliss-reactive ketones (excluding diaryl/α,β-unsaturated/α-hetero) is 1. The molecule has 1 aliphatic carbocycles. The molecule has 1 aromatic carbocycles. The fourth-order valence-corrected chi connectivity index (χ4v) is 5.95. The van der Waals surface area contributed by atoms with Gasteiger partial charge in [-0.25, -0.2) is 0 Å². The van der Waals surface area contributed by atoms with Crippen molar-refractivity contribution in [2.24, 2.45) is 11.8 Å². The van der Waals surface area contributed by atoms with Crippen LogP contribution < -0.4 is 14.8 Å². The topological polar surface area (TPSA) is 56.8 Å². The van der Waals surface area contributed by atoms with Gasteiger partial charge in [-0.1, -0.05) is 12.1 Å². The maximum absolute atomic E-state index is 13.3. The van der Waals surface area contributed by atoms with Crippen molar-refractivity contribution in [2.75, 3.05) is 26.9 Å². The lowest BCUT2D eigenvalue weighted by molar-refractivity contribution is -0.129. The Morgan fingerprint density at radius 3 is 3.04 bits per heavy atom. The minimum absolute atomic E-state index is 0.0510. The van der Waals surface area contributed by atoms with Gasteiger partial charge in [-0.05, 0) is 50.6 Å². The number of carbonyl (C=O) groups excluding carboxylic acids is 1. The quantitative estimate of drug-likeness (QED) is 0.901. The molecule has 1 saturated carbocycles. The second kappa shape index (κ2) is 6.24. The van der Waals surface area contributed by atoms with Crippen LogP contribution in [0.2, 0.25) is 0 Å². The van der Waals surface area contributed by atoms with Crippen LogP contribution in [0, 0.1) is 11.8 Å². The summed E-state index contributed by atoms with van der Waals surface area (Å²) >= 11 is 0. The number of benzene rings is 1. The molecule has 2 saturated heterocycles. The highest BCUT2D eigenvalue weighted by Crippen LogP contribution is 2.59. The van der Waals surface area contributed by atoms with Crippen molar-refractivity contribution >= 4 is 5.78 Å². The number of piperidine rings is 1. The number of ketones is 1. The second-order valence-corrected chi connectivity index (χ2v) is 8.17. The van der Waals surface area contributed by atoms with Gasteiger partial charge in [0.05, 0.1) is 19.8 Å². The van der Waals surface area contributed by atoms with Gasteiger partial charge < -0.3 is 19.5 Å². The molecule has 5 unspecified atom stereocenters. The summed E-state index contributed by atoms with van der Waals surface area (Å²) in [5.74, 6) is 2.41. The number of methoxy groups -OCH3 is 1. The van der Waals surface area contributed by atoms with Crippen LogP contribution in [0.4, 0.5) is 0 Å². The van der Waals surface area contributed by atoms with Gasteiger partial charge in [-0.2, -0.15) is 0 Å². The van der Waals surface area contributed by atoms with Gasteiger partial charge in [0.15, 0.2) is 17.3 Å². The number of hydrogen-bond acceptors (Lipinski definition) is 5. The fraction of sp³-hybridized carbons (Fsp3) is 0.667. The fourth-order valence-electron chi connectivity index (χ4n) is 5.95. The van der Waals surface area contributed by atoms with Crippen LogP contribution >= 0.6 is 0 Å². The van der Waals surface area contributed by atoms with Gasteiger partial charge in [0.2, 0.25) is 0 Å². The number of rotatable bonds is 3. The van der Waals surface area contributed by atoms with Crippen molar-refractivity contribution in [1.82, 2.24) is 5.32 Å². The molecule has 3 fully saturated rings. The van der Waals surface area contributed by atoms with Crippen LogP contribution in [0.3, 0.4) is 0 Å². The first-order valence-electron chi connectivity index (χ1n) is 9.94.